The zero-order valence-electron chi connectivity index (χ0n) is 11.6. The van der Waals surface area contributed by atoms with E-state index in [0.29, 0.717) is 4.91 Å². The summed E-state index contributed by atoms with van der Waals surface area (Å²) in [6, 6.07) is 8.30. The zero-order valence-corrected chi connectivity index (χ0v) is 13.2. The third-order valence-electron chi connectivity index (χ3n) is 3.07. The molecule has 1 aliphatic heterocycles. The van der Waals surface area contributed by atoms with E-state index in [4.69, 9.17) is 12.2 Å². The molecule has 0 N–H and O–H groups in total. The topological polar surface area (TPSA) is 60.4 Å². The summed E-state index contributed by atoms with van der Waals surface area (Å²) in [6.07, 6.45) is 1.71. The molecular weight excluding hydrogens is 306 g/mol. The molecule has 1 aromatic rings. The number of carbonyl (C=O) groups is 2. The van der Waals surface area contributed by atoms with Crippen molar-refractivity contribution in [2.45, 2.75) is 19.9 Å². The van der Waals surface area contributed by atoms with Gasteiger partial charge in [-0.05, 0) is 17.6 Å². The summed E-state index contributed by atoms with van der Waals surface area (Å²) in [4.78, 5) is 25.3. The molecule has 21 heavy (non-hydrogen) atoms. The molecule has 110 valence electrons. The second kappa shape index (κ2) is 6.41. The molecule has 1 fully saturated rings. The Labute approximate surface area is 132 Å². The molecule has 1 saturated heterocycles. The maximum Gasteiger partial charge on any atom is 0.266 e. The first-order valence-corrected chi connectivity index (χ1v) is 7.67. The van der Waals surface area contributed by atoms with Crippen LogP contribution in [-0.2, 0) is 9.59 Å². The highest BCUT2D eigenvalue weighted by atomic mass is 32.2. The zero-order chi connectivity index (χ0) is 15.6. The molecule has 0 saturated carbocycles. The van der Waals surface area contributed by atoms with Gasteiger partial charge in [0.25, 0.3) is 5.91 Å². The van der Waals surface area contributed by atoms with Crippen molar-refractivity contribution in [3.8, 4) is 0 Å². The normalized spacial score (nSPS) is 18.6. The minimum absolute atomic E-state index is 0.255. The number of nitrogens with zero attached hydrogens (tertiary/aromatic N) is 1. The van der Waals surface area contributed by atoms with E-state index in [1.54, 1.807) is 19.9 Å². The summed E-state index contributed by atoms with van der Waals surface area (Å²) < 4.78 is 0.255. The highest BCUT2D eigenvalue weighted by Crippen LogP contribution is 2.35. The third kappa shape index (κ3) is 3.33. The lowest BCUT2D eigenvalue weighted by molar-refractivity contribution is -0.311. The van der Waals surface area contributed by atoms with Crippen LogP contribution in [0.4, 0.5) is 0 Å². The van der Waals surface area contributed by atoms with Gasteiger partial charge in [-0.2, -0.15) is 0 Å². The molecule has 4 nitrogen and oxygen atoms in total. The second-order valence-electron chi connectivity index (χ2n) is 4.97. The predicted molar refractivity (Wildman–Crippen MR) is 85.1 cm³/mol. The molecule has 1 atom stereocenters. The van der Waals surface area contributed by atoms with Gasteiger partial charge in [0.15, 0.2) is 0 Å². The Kier molecular flexibility index (Phi) is 4.80. The minimum Gasteiger partial charge on any atom is -0.548 e. The summed E-state index contributed by atoms with van der Waals surface area (Å²) in [7, 11) is 0. The average Bonchev–Trinajstić information content (AvgIpc) is 2.67. The number of aliphatic carboxylic acids is 1. The van der Waals surface area contributed by atoms with E-state index in [0.717, 1.165) is 22.2 Å². The number of hydrogen-bond donors (Lipinski definition) is 0. The first kappa shape index (κ1) is 15.7. The Morgan fingerprint density at radius 2 is 1.95 bits per heavy atom. The Bertz CT molecular complexity index is 611. The molecule has 1 amide bonds. The molecule has 1 aliphatic rings. The number of carboxylic acids is 1. The number of hydrogen-bond acceptors (Lipinski definition) is 5. The average molecular weight is 320 g/mol. The van der Waals surface area contributed by atoms with Crippen molar-refractivity contribution in [3.63, 3.8) is 0 Å². The van der Waals surface area contributed by atoms with E-state index in [1.165, 1.54) is 0 Å². The fraction of sp³-hybridized carbons (Fsp3) is 0.267. The van der Waals surface area contributed by atoms with Crippen molar-refractivity contribution >= 4 is 46.3 Å². The van der Waals surface area contributed by atoms with Crippen LogP contribution >= 0.6 is 24.0 Å². The summed E-state index contributed by atoms with van der Waals surface area (Å²) >= 11 is 6.28. The van der Waals surface area contributed by atoms with Crippen LogP contribution in [-0.4, -0.2) is 27.1 Å². The third-order valence-corrected chi connectivity index (χ3v) is 4.40. The predicted octanol–water partition coefficient (Wildman–Crippen LogP) is 1.66. The molecule has 1 unspecified atom stereocenters. The Morgan fingerprint density at radius 1 is 1.33 bits per heavy atom. The van der Waals surface area contributed by atoms with Crippen molar-refractivity contribution in [1.29, 1.82) is 0 Å². The van der Waals surface area contributed by atoms with E-state index in [2.05, 4.69) is 0 Å². The van der Waals surface area contributed by atoms with Crippen molar-refractivity contribution in [1.82, 2.24) is 4.90 Å². The van der Waals surface area contributed by atoms with E-state index >= 15 is 0 Å². The van der Waals surface area contributed by atoms with Gasteiger partial charge in [-0.1, -0.05) is 68.2 Å². The van der Waals surface area contributed by atoms with E-state index in [9.17, 15) is 14.7 Å². The summed E-state index contributed by atoms with van der Waals surface area (Å²) in [5, 5.41) is 11.3. The monoisotopic (exact) mass is 320 g/mol. The number of benzene rings is 1. The molecule has 0 spiro atoms. The minimum atomic E-state index is -1.29. The maximum absolute atomic E-state index is 12.4. The second-order valence-corrected chi connectivity index (χ2v) is 6.65. The number of carboxylic acid groups (broad SMARTS) is 1. The van der Waals surface area contributed by atoms with Gasteiger partial charge in [0.1, 0.15) is 4.32 Å². The molecule has 2 rings (SSSR count). The van der Waals surface area contributed by atoms with Gasteiger partial charge in [0, 0.05) is 0 Å². The summed E-state index contributed by atoms with van der Waals surface area (Å²) in [6.45, 7) is 3.44. The molecule has 1 heterocycles. The molecule has 0 aromatic heterocycles. The van der Waals surface area contributed by atoms with Gasteiger partial charge >= 0.3 is 0 Å². The fourth-order valence-corrected chi connectivity index (χ4v) is 3.43. The number of thioether (sulfide) groups is 1. The first-order valence-electron chi connectivity index (χ1n) is 6.44. The lowest BCUT2D eigenvalue weighted by Crippen LogP contribution is -2.52. The van der Waals surface area contributed by atoms with Gasteiger partial charge in [-0.25, -0.2) is 0 Å². The van der Waals surface area contributed by atoms with Crippen LogP contribution in [0.25, 0.3) is 6.08 Å². The van der Waals surface area contributed by atoms with Crippen molar-refractivity contribution in [3.05, 3.63) is 40.8 Å². The van der Waals surface area contributed by atoms with Gasteiger partial charge in [0.05, 0.1) is 16.9 Å². The van der Waals surface area contributed by atoms with Crippen LogP contribution in [0.2, 0.25) is 0 Å². The number of carbonyl (C=O) groups excluding carboxylic acids is 2. The SMILES string of the molecule is CC(C)C(C(=O)[O-])N1C(=O)C(=Cc2ccccc2)SC1=S. The Morgan fingerprint density at radius 3 is 2.48 bits per heavy atom. The molecule has 6 heteroatoms. The Balaban J connectivity index is 2.32. The van der Waals surface area contributed by atoms with Crippen LogP contribution in [0, 0.1) is 5.92 Å². The lowest BCUT2D eigenvalue weighted by Gasteiger charge is -2.30. The van der Waals surface area contributed by atoms with Gasteiger partial charge in [-0.15, -0.1) is 0 Å². The van der Waals surface area contributed by atoms with Gasteiger partial charge in [-0.3, -0.25) is 9.69 Å². The van der Waals surface area contributed by atoms with Gasteiger partial charge < -0.3 is 9.90 Å². The first-order chi connectivity index (χ1) is 9.91. The van der Waals surface area contributed by atoms with Crippen LogP contribution in [0.1, 0.15) is 19.4 Å². The van der Waals surface area contributed by atoms with E-state index in [1.807, 2.05) is 30.3 Å². The Hall–Kier alpha value is -1.66. The van der Waals surface area contributed by atoms with Crippen molar-refractivity contribution in [2.24, 2.45) is 5.92 Å². The van der Waals surface area contributed by atoms with Crippen LogP contribution in [0.5, 0.6) is 0 Å². The molecule has 0 radical (unpaired) electrons. The van der Waals surface area contributed by atoms with E-state index < -0.39 is 12.0 Å². The molecule has 0 aliphatic carbocycles. The number of thiocarbonyl (C=S) groups is 1. The van der Waals surface area contributed by atoms with Gasteiger partial charge in [0.2, 0.25) is 0 Å². The highest BCUT2D eigenvalue weighted by Gasteiger charge is 2.38. The molecule has 0 bridgehead atoms. The fourth-order valence-electron chi connectivity index (χ4n) is 2.10. The number of rotatable bonds is 4. The van der Waals surface area contributed by atoms with Crippen molar-refractivity contribution < 1.29 is 14.7 Å². The lowest BCUT2D eigenvalue weighted by atomic mass is 10.0. The summed E-state index contributed by atoms with van der Waals surface area (Å²) in [5.41, 5.74) is 0.868. The van der Waals surface area contributed by atoms with Crippen molar-refractivity contribution in [2.75, 3.05) is 0 Å². The van der Waals surface area contributed by atoms with Crippen LogP contribution < -0.4 is 5.11 Å². The smallest absolute Gasteiger partial charge is 0.266 e. The summed E-state index contributed by atoms with van der Waals surface area (Å²) in [5.74, 6) is -1.95. The highest BCUT2D eigenvalue weighted by molar-refractivity contribution is 8.26. The quantitative estimate of drug-likeness (QED) is 0.624. The molecular formula is C15H14NO3S2-. The van der Waals surface area contributed by atoms with E-state index in [-0.39, 0.29) is 16.1 Å². The molecule has 1 aromatic carbocycles. The van der Waals surface area contributed by atoms with Crippen LogP contribution in [0.15, 0.2) is 35.2 Å². The largest absolute Gasteiger partial charge is 0.548 e. The van der Waals surface area contributed by atoms with Crippen LogP contribution in [0.3, 0.4) is 0 Å². The standard InChI is InChI=1S/C15H15NO3S2/c1-9(2)12(14(18)19)16-13(17)11(21-15(16)20)8-10-6-4-3-5-7-10/h3-9,12H,1-2H3,(H,18,19)/p-1. The number of amides is 1. The maximum atomic E-state index is 12.4.